The minimum absolute atomic E-state index is 0.127. The number of halogens is 1. The first-order valence-corrected chi connectivity index (χ1v) is 9.57. The van der Waals surface area contributed by atoms with Crippen molar-refractivity contribution in [3.63, 3.8) is 0 Å². The second kappa shape index (κ2) is 5.98. The molecular formula is C23H15FN2O5. The number of aromatic nitrogens is 1. The molecule has 2 aromatic heterocycles. The van der Waals surface area contributed by atoms with Crippen LogP contribution in [0.25, 0.3) is 33.0 Å². The Labute approximate surface area is 174 Å². The highest BCUT2D eigenvalue weighted by Crippen LogP contribution is 2.44. The molecule has 31 heavy (non-hydrogen) atoms. The number of carbonyl (C=O) groups is 2. The number of likely N-dealkylation sites (N-methyl/N-ethyl adjacent to an activating group) is 1. The summed E-state index contributed by atoms with van der Waals surface area (Å²) in [4.78, 5) is 27.4. The molecule has 0 fully saturated rings. The number of imide groups is 1. The van der Waals surface area contributed by atoms with Crippen LogP contribution in [0.5, 0.6) is 11.5 Å². The van der Waals surface area contributed by atoms with Crippen LogP contribution >= 0.6 is 0 Å². The fraction of sp³-hybridized carbons (Fsp3) is 0.130. The molecule has 0 saturated heterocycles. The molecule has 0 atom stereocenters. The van der Waals surface area contributed by atoms with Crippen LogP contribution < -0.4 is 9.47 Å². The van der Waals surface area contributed by atoms with Gasteiger partial charge >= 0.3 is 0 Å². The van der Waals surface area contributed by atoms with Crippen molar-refractivity contribution >= 4 is 44.8 Å². The summed E-state index contributed by atoms with van der Waals surface area (Å²) in [6, 6.07) is 7.73. The summed E-state index contributed by atoms with van der Waals surface area (Å²) in [6.07, 6.45) is 3.19. The number of ether oxygens (including phenoxy) is 2. The topological polar surface area (TPSA) is 73.9 Å². The lowest BCUT2D eigenvalue weighted by Crippen LogP contribution is -2.26. The van der Waals surface area contributed by atoms with Gasteiger partial charge in [0.25, 0.3) is 11.8 Å². The van der Waals surface area contributed by atoms with Crippen molar-refractivity contribution in [2.45, 2.75) is 0 Å². The maximum atomic E-state index is 13.9. The maximum Gasteiger partial charge on any atom is 0.262 e. The quantitative estimate of drug-likeness (QED) is 0.464. The average Bonchev–Trinajstić information content (AvgIpc) is 3.49. The lowest BCUT2D eigenvalue weighted by Gasteiger charge is -2.06. The summed E-state index contributed by atoms with van der Waals surface area (Å²) in [5.74, 6) is -0.166. The van der Waals surface area contributed by atoms with Crippen LogP contribution in [0, 0.1) is 5.82 Å². The fourth-order valence-corrected chi connectivity index (χ4v) is 4.31. The number of rotatable bonds is 2. The third-order valence-corrected chi connectivity index (χ3v) is 5.85. The number of furan rings is 1. The van der Waals surface area contributed by atoms with Crippen molar-refractivity contribution in [1.29, 1.82) is 0 Å². The highest BCUT2D eigenvalue weighted by molar-refractivity contribution is 6.50. The van der Waals surface area contributed by atoms with Gasteiger partial charge in [0.2, 0.25) is 6.79 Å². The molecule has 2 amide bonds. The zero-order chi connectivity index (χ0) is 21.4. The third kappa shape index (κ3) is 2.32. The molecule has 7 nitrogen and oxygen atoms in total. The number of nitrogens with zero attached hydrogens (tertiary/aromatic N) is 2. The van der Waals surface area contributed by atoms with E-state index in [1.54, 1.807) is 12.3 Å². The Bertz CT molecular complexity index is 1490. The molecule has 0 unspecified atom stereocenters. The number of amides is 2. The predicted molar refractivity (Wildman–Crippen MR) is 110 cm³/mol. The van der Waals surface area contributed by atoms with Crippen molar-refractivity contribution in [2.75, 3.05) is 13.8 Å². The third-order valence-electron chi connectivity index (χ3n) is 5.85. The minimum atomic E-state index is -0.468. The molecular weight excluding hydrogens is 403 g/mol. The van der Waals surface area contributed by atoms with Gasteiger partial charge in [0.15, 0.2) is 11.5 Å². The van der Waals surface area contributed by atoms with Crippen LogP contribution in [0.2, 0.25) is 0 Å². The number of fused-ring (bicyclic) bond motifs is 3. The van der Waals surface area contributed by atoms with Gasteiger partial charge in [-0.15, -0.1) is 0 Å². The molecule has 0 spiro atoms. The van der Waals surface area contributed by atoms with E-state index in [4.69, 9.17) is 13.9 Å². The molecule has 6 rings (SSSR count). The van der Waals surface area contributed by atoms with Crippen LogP contribution in [-0.2, 0) is 16.6 Å². The van der Waals surface area contributed by atoms with Gasteiger partial charge in [-0.05, 0) is 24.3 Å². The van der Waals surface area contributed by atoms with E-state index in [0.717, 1.165) is 15.8 Å². The summed E-state index contributed by atoms with van der Waals surface area (Å²) in [6.45, 7) is 0.127. The molecule has 4 aromatic rings. The van der Waals surface area contributed by atoms with Crippen LogP contribution in [-0.4, -0.2) is 35.1 Å². The molecule has 2 aliphatic heterocycles. The molecule has 4 heterocycles. The van der Waals surface area contributed by atoms with Gasteiger partial charge in [-0.25, -0.2) is 4.39 Å². The standard InChI is InChI=1S/C23H15FN2O5/c1-25-8-14(12-6-18-19(7-16(12)25)31-10-30-18)20-21(23(28)26(2)22(20)27)15-9-29-17-4-3-11(24)5-13(15)17/h3-9H,10H2,1-2H3. The number of benzene rings is 2. The molecule has 0 bridgehead atoms. The second-order valence-corrected chi connectivity index (χ2v) is 7.59. The molecule has 8 heteroatoms. The first kappa shape index (κ1) is 17.8. The van der Waals surface area contributed by atoms with Gasteiger partial charge < -0.3 is 18.5 Å². The normalized spacial score (nSPS) is 15.9. The summed E-state index contributed by atoms with van der Waals surface area (Å²) >= 11 is 0. The average molecular weight is 418 g/mol. The van der Waals surface area contributed by atoms with E-state index in [-0.39, 0.29) is 17.9 Å². The maximum absolute atomic E-state index is 13.9. The Morgan fingerprint density at radius 3 is 2.39 bits per heavy atom. The van der Waals surface area contributed by atoms with Crippen LogP contribution in [0.1, 0.15) is 11.1 Å². The van der Waals surface area contributed by atoms with Gasteiger partial charge in [-0.1, -0.05) is 0 Å². The predicted octanol–water partition coefficient (Wildman–Crippen LogP) is 3.70. The largest absolute Gasteiger partial charge is 0.464 e. The monoisotopic (exact) mass is 418 g/mol. The van der Waals surface area contributed by atoms with E-state index in [2.05, 4.69) is 0 Å². The van der Waals surface area contributed by atoms with Crippen LogP contribution in [0.4, 0.5) is 4.39 Å². The Kier molecular flexibility index (Phi) is 3.42. The molecule has 0 radical (unpaired) electrons. The van der Waals surface area contributed by atoms with E-state index in [1.807, 2.05) is 17.7 Å². The molecule has 154 valence electrons. The van der Waals surface area contributed by atoms with Gasteiger partial charge in [-0.3, -0.25) is 14.5 Å². The zero-order valence-electron chi connectivity index (χ0n) is 16.6. The van der Waals surface area contributed by atoms with Crippen molar-refractivity contribution in [1.82, 2.24) is 9.47 Å². The van der Waals surface area contributed by atoms with Gasteiger partial charge in [-0.2, -0.15) is 0 Å². The van der Waals surface area contributed by atoms with E-state index in [9.17, 15) is 14.0 Å². The van der Waals surface area contributed by atoms with E-state index in [1.165, 1.54) is 31.5 Å². The minimum Gasteiger partial charge on any atom is -0.464 e. The SMILES string of the molecule is CN1C(=O)C(c2coc3ccc(F)cc23)=C(c2cn(C)c3cc4c(cc23)OCO4)C1=O. The highest BCUT2D eigenvalue weighted by Gasteiger charge is 2.40. The number of aryl methyl sites for hydroxylation is 1. The Hall–Kier alpha value is -4.07. The van der Waals surface area contributed by atoms with Gasteiger partial charge in [0.05, 0.1) is 22.9 Å². The summed E-state index contributed by atoms with van der Waals surface area (Å²) in [5.41, 5.74) is 2.64. The van der Waals surface area contributed by atoms with E-state index in [0.29, 0.717) is 33.6 Å². The fourth-order valence-electron chi connectivity index (χ4n) is 4.31. The molecule has 0 saturated carbocycles. The van der Waals surface area contributed by atoms with Crippen LogP contribution in [0.15, 0.2) is 47.2 Å². The lowest BCUT2D eigenvalue weighted by molar-refractivity contribution is -0.134. The highest BCUT2D eigenvalue weighted by atomic mass is 19.1. The summed E-state index contributed by atoms with van der Waals surface area (Å²) in [7, 11) is 3.28. The lowest BCUT2D eigenvalue weighted by atomic mass is 9.95. The van der Waals surface area contributed by atoms with Crippen molar-refractivity contribution in [2.24, 2.45) is 7.05 Å². The molecule has 0 aliphatic carbocycles. The number of carbonyl (C=O) groups excluding carboxylic acids is 2. The smallest absolute Gasteiger partial charge is 0.262 e. The summed E-state index contributed by atoms with van der Waals surface area (Å²) in [5, 5.41) is 1.18. The second-order valence-electron chi connectivity index (χ2n) is 7.59. The number of hydrogen-bond acceptors (Lipinski definition) is 5. The molecule has 2 aliphatic rings. The zero-order valence-corrected chi connectivity index (χ0v) is 16.6. The van der Waals surface area contributed by atoms with E-state index >= 15 is 0 Å². The molecule has 0 N–H and O–H groups in total. The van der Waals surface area contributed by atoms with Crippen LogP contribution in [0.3, 0.4) is 0 Å². The van der Waals surface area contributed by atoms with Gasteiger partial charge in [0, 0.05) is 48.3 Å². The van der Waals surface area contributed by atoms with Crippen molar-refractivity contribution in [3.8, 4) is 11.5 Å². The first-order valence-electron chi connectivity index (χ1n) is 9.57. The Morgan fingerprint density at radius 2 is 1.61 bits per heavy atom. The first-order chi connectivity index (χ1) is 14.9. The van der Waals surface area contributed by atoms with Gasteiger partial charge in [0.1, 0.15) is 11.4 Å². The van der Waals surface area contributed by atoms with Crippen molar-refractivity contribution in [3.05, 3.63) is 59.7 Å². The molecule has 2 aromatic carbocycles. The summed E-state index contributed by atoms with van der Waals surface area (Å²) < 4.78 is 32.3. The van der Waals surface area contributed by atoms with E-state index < -0.39 is 17.6 Å². The Balaban J connectivity index is 1.68. The van der Waals surface area contributed by atoms with Crippen molar-refractivity contribution < 1.29 is 27.9 Å². The Morgan fingerprint density at radius 1 is 0.903 bits per heavy atom. The number of hydrogen-bond donors (Lipinski definition) is 0.